The fourth-order valence-electron chi connectivity index (χ4n) is 1.98. The predicted octanol–water partition coefficient (Wildman–Crippen LogP) is 2.80. The summed E-state index contributed by atoms with van der Waals surface area (Å²) in [4.78, 5) is 13.8. The first-order valence-corrected chi connectivity index (χ1v) is 7.27. The highest BCUT2D eigenvalue weighted by molar-refractivity contribution is 5.94. The molecule has 2 aromatic rings. The van der Waals surface area contributed by atoms with Crippen LogP contribution in [0.4, 0.5) is 5.69 Å². The molecule has 0 unspecified atom stereocenters. The van der Waals surface area contributed by atoms with Crippen molar-refractivity contribution in [1.82, 2.24) is 5.43 Å². The Morgan fingerprint density at radius 2 is 1.91 bits per heavy atom. The van der Waals surface area contributed by atoms with Gasteiger partial charge in [-0.25, -0.2) is 5.43 Å². The van der Waals surface area contributed by atoms with Gasteiger partial charge in [-0.2, -0.15) is 10.4 Å². The van der Waals surface area contributed by atoms with Crippen LogP contribution in [0.15, 0.2) is 59.7 Å². The third-order valence-corrected chi connectivity index (χ3v) is 3.31. The molecule has 0 saturated carbocycles. The Hall–Kier alpha value is -3.13. The molecule has 0 fully saturated rings. The first-order valence-electron chi connectivity index (χ1n) is 7.27. The number of amides is 1. The van der Waals surface area contributed by atoms with Crippen LogP contribution in [0, 0.1) is 11.3 Å². The van der Waals surface area contributed by atoms with E-state index in [4.69, 9.17) is 5.26 Å². The molecule has 0 aliphatic heterocycles. The van der Waals surface area contributed by atoms with Crippen molar-refractivity contribution in [1.29, 1.82) is 5.26 Å². The summed E-state index contributed by atoms with van der Waals surface area (Å²) in [5, 5.41) is 12.6. The summed E-state index contributed by atoms with van der Waals surface area (Å²) in [6.45, 7) is 0.692. The van der Waals surface area contributed by atoms with Crippen LogP contribution in [0.3, 0.4) is 0 Å². The zero-order valence-electron chi connectivity index (χ0n) is 12.9. The molecular weight excluding hydrogens is 288 g/mol. The lowest BCUT2D eigenvalue weighted by Gasteiger charge is -2.17. The third-order valence-electron chi connectivity index (χ3n) is 3.31. The molecule has 5 nitrogen and oxygen atoms in total. The Kier molecular flexibility index (Phi) is 5.89. The van der Waals surface area contributed by atoms with Gasteiger partial charge in [0.25, 0.3) is 5.91 Å². The summed E-state index contributed by atoms with van der Waals surface area (Å²) in [7, 11) is 1.94. The van der Waals surface area contributed by atoms with Crippen molar-refractivity contribution in [3.05, 3.63) is 65.7 Å². The summed E-state index contributed by atoms with van der Waals surface area (Å²) in [6.07, 6.45) is 2.09. The van der Waals surface area contributed by atoms with Crippen LogP contribution in [0.1, 0.15) is 22.3 Å². The minimum absolute atomic E-state index is 0.241. The van der Waals surface area contributed by atoms with Gasteiger partial charge in [-0.3, -0.25) is 4.79 Å². The number of anilines is 1. The van der Waals surface area contributed by atoms with Gasteiger partial charge >= 0.3 is 0 Å². The normalized spacial score (nSPS) is 10.3. The molecule has 5 heteroatoms. The van der Waals surface area contributed by atoms with E-state index in [1.807, 2.05) is 42.3 Å². The molecule has 0 aliphatic rings. The van der Waals surface area contributed by atoms with Crippen molar-refractivity contribution in [3.8, 4) is 6.07 Å². The second-order valence-electron chi connectivity index (χ2n) is 4.99. The molecule has 0 radical (unpaired) electrons. The molecule has 1 amide bonds. The van der Waals surface area contributed by atoms with Crippen LogP contribution in [0.2, 0.25) is 0 Å². The van der Waals surface area contributed by atoms with Crippen LogP contribution < -0.4 is 10.3 Å². The second-order valence-corrected chi connectivity index (χ2v) is 4.99. The fourth-order valence-corrected chi connectivity index (χ4v) is 1.98. The summed E-state index contributed by atoms with van der Waals surface area (Å²) in [5.41, 5.74) is 4.98. The lowest BCUT2D eigenvalue weighted by atomic mass is 10.2. The molecule has 0 heterocycles. The molecular formula is C18H18N4O. The first kappa shape index (κ1) is 16.2. The SMILES string of the molecule is CN(CCC#N)c1ccc(/C=N\NC(=O)c2ccccc2)cc1. The van der Waals surface area contributed by atoms with Gasteiger partial charge in [0.15, 0.2) is 0 Å². The van der Waals surface area contributed by atoms with E-state index in [2.05, 4.69) is 16.6 Å². The Labute approximate surface area is 135 Å². The highest BCUT2D eigenvalue weighted by Gasteiger charge is 2.02. The van der Waals surface area contributed by atoms with Crippen LogP contribution in [0.25, 0.3) is 0 Å². The highest BCUT2D eigenvalue weighted by Crippen LogP contribution is 2.13. The molecule has 2 rings (SSSR count). The summed E-state index contributed by atoms with van der Waals surface area (Å²) in [5.74, 6) is -0.241. The fraction of sp³-hybridized carbons (Fsp3) is 0.167. The number of benzene rings is 2. The Morgan fingerprint density at radius 3 is 2.57 bits per heavy atom. The lowest BCUT2D eigenvalue weighted by Crippen LogP contribution is -2.18. The monoisotopic (exact) mass is 306 g/mol. The van der Waals surface area contributed by atoms with E-state index >= 15 is 0 Å². The molecule has 116 valence electrons. The quantitative estimate of drug-likeness (QED) is 0.659. The number of carbonyl (C=O) groups excluding carboxylic acids is 1. The number of rotatable bonds is 6. The van der Waals surface area contributed by atoms with E-state index in [0.29, 0.717) is 18.5 Å². The van der Waals surface area contributed by atoms with Crippen molar-refractivity contribution in [3.63, 3.8) is 0 Å². The van der Waals surface area contributed by atoms with E-state index in [1.54, 1.807) is 30.5 Å². The van der Waals surface area contributed by atoms with Crippen LogP contribution >= 0.6 is 0 Å². The molecule has 1 N–H and O–H groups in total. The number of nitrogens with one attached hydrogen (secondary N) is 1. The average Bonchev–Trinajstić information content (AvgIpc) is 2.61. The van der Waals surface area contributed by atoms with Gasteiger partial charge in [-0.1, -0.05) is 30.3 Å². The van der Waals surface area contributed by atoms with E-state index in [9.17, 15) is 4.79 Å². The largest absolute Gasteiger partial charge is 0.374 e. The van der Waals surface area contributed by atoms with Crippen molar-refractivity contribution in [2.24, 2.45) is 5.10 Å². The summed E-state index contributed by atoms with van der Waals surface area (Å²) < 4.78 is 0. The average molecular weight is 306 g/mol. The van der Waals surface area contributed by atoms with Gasteiger partial charge < -0.3 is 4.90 Å². The number of hydrogen-bond acceptors (Lipinski definition) is 4. The zero-order chi connectivity index (χ0) is 16.5. The molecule has 0 aliphatic carbocycles. The summed E-state index contributed by atoms with van der Waals surface area (Å²) >= 11 is 0. The predicted molar refractivity (Wildman–Crippen MR) is 91.4 cm³/mol. The van der Waals surface area contributed by atoms with Gasteiger partial charge in [-0.15, -0.1) is 0 Å². The van der Waals surface area contributed by atoms with Crippen LogP contribution in [-0.4, -0.2) is 25.7 Å². The van der Waals surface area contributed by atoms with E-state index < -0.39 is 0 Å². The van der Waals surface area contributed by atoms with Crippen molar-refractivity contribution < 1.29 is 4.79 Å². The molecule has 0 atom stereocenters. The molecule has 0 aromatic heterocycles. The van der Waals surface area contributed by atoms with Crippen molar-refractivity contribution in [2.45, 2.75) is 6.42 Å². The Balaban J connectivity index is 1.91. The van der Waals surface area contributed by atoms with Gasteiger partial charge in [0, 0.05) is 24.8 Å². The number of carbonyl (C=O) groups is 1. The molecule has 2 aromatic carbocycles. The van der Waals surface area contributed by atoms with Crippen molar-refractivity contribution >= 4 is 17.8 Å². The maximum absolute atomic E-state index is 11.8. The lowest BCUT2D eigenvalue weighted by molar-refractivity contribution is 0.0955. The van der Waals surface area contributed by atoms with E-state index in [1.165, 1.54) is 0 Å². The number of hydrazone groups is 1. The maximum atomic E-state index is 11.8. The Morgan fingerprint density at radius 1 is 1.22 bits per heavy atom. The molecule has 23 heavy (non-hydrogen) atoms. The first-order chi connectivity index (χ1) is 11.2. The van der Waals surface area contributed by atoms with E-state index in [-0.39, 0.29) is 5.91 Å². The summed E-state index contributed by atoms with van der Waals surface area (Å²) in [6, 6.07) is 18.8. The van der Waals surface area contributed by atoms with Crippen molar-refractivity contribution in [2.75, 3.05) is 18.5 Å². The Bertz CT molecular complexity index is 702. The van der Waals surface area contributed by atoms with E-state index in [0.717, 1.165) is 11.3 Å². The molecule has 0 saturated heterocycles. The van der Waals surface area contributed by atoms with Gasteiger partial charge in [0.1, 0.15) is 0 Å². The standard InChI is InChI=1S/C18H18N4O/c1-22(13-5-12-19)17-10-8-15(9-11-17)14-20-21-18(23)16-6-3-2-4-7-16/h2-4,6-11,14H,5,13H2,1H3,(H,21,23)/b20-14-. The van der Waals surface area contributed by atoms with Gasteiger partial charge in [-0.05, 0) is 29.8 Å². The topological polar surface area (TPSA) is 68.5 Å². The van der Waals surface area contributed by atoms with Gasteiger partial charge in [0.05, 0.1) is 18.7 Å². The molecule has 0 spiro atoms. The zero-order valence-corrected chi connectivity index (χ0v) is 12.9. The van der Waals surface area contributed by atoms with Crippen LogP contribution in [-0.2, 0) is 0 Å². The second kappa shape index (κ2) is 8.35. The minimum atomic E-state index is -0.241. The molecule has 0 bridgehead atoms. The number of hydrogen-bond donors (Lipinski definition) is 1. The van der Waals surface area contributed by atoms with Crippen LogP contribution in [0.5, 0.6) is 0 Å². The van der Waals surface area contributed by atoms with Gasteiger partial charge in [0.2, 0.25) is 0 Å². The third kappa shape index (κ3) is 4.97. The highest BCUT2D eigenvalue weighted by atomic mass is 16.2. The smallest absolute Gasteiger partial charge is 0.271 e. The minimum Gasteiger partial charge on any atom is -0.374 e. The maximum Gasteiger partial charge on any atom is 0.271 e. The number of nitrogens with zero attached hydrogens (tertiary/aromatic N) is 3. The number of nitriles is 1.